The van der Waals surface area contributed by atoms with E-state index >= 15 is 0 Å². The molecule has 2 rings (SSSR count). The molecule has 2 nitrogen and oxygen atoms in total. The predicted octanol–water partition coefficient (Wildman–Crippen LogP) is 5.82. The third-order valence-electron chi connectivity index (χ3n) is 3.58. The maximum absolute atomic E-state index is 5.87. The summed E-state index contributed by atoms with van der Waals surface area (Å²) < 4.78 is 7.07. The van der Waals surface area contributed by atoms with E-state index in [4.69, 9.17) is 4.74 Å². The summed E-state index contributed by atoms with van der Waals surface area (Å²) in [6, 6.07) is 6.16. The SMILES string of the molecule is CCCCCCCCCCOc1cccc2scnc12. The maximum atomic E-state index is 5.87. The molecule has 0 N–H and O–H groups in total. The summed E-state index contributed by atoms with van der Waals surface area (Å²) >= 11 is 1.67. The third kappa shape index (κ3) is 4.78. The third-order valence-corrected chi connectivity index (χ3v) is 4.37. The Hall–Kier alpha value is -1.09. The van der Waals surface area contributed by atoms with Gasteiger partial charge >= 0.3 is 0 Å². The van der Waals surface area contributed by atoms with E-state index in [0.29, 0.717) is 0 Å². The molecule has 3 heteroatoms. The van der Waals surface area contributed by atoms with E-state index in [1.807, 2.05) is 17.6 Å². The molecule has 0 amide bonds. The van der Waals surface area contributed by atoms with Crippen LogP contribution in [0.1, 0.15) is 58.3 Å². The second-order valence-electron chi connectivity index (χ2n) is 5.28. The Morgan fingerprint density at radius 1 is 1.00 bits per heavy atom. The number of fused-ring (bicyclic) bond motifs is 1. The van der Waals surface area contributed by atoms with Crippen LogP contribution in [0.15, 0.2) is 23.7 Å². The summed E-state index contributed by atoms with van der Waals surface area (Å²) in [6.45, 7) is 3.08. The Morgan fingerprint density at radius 2 is 1.75 bits per heavy atom. The van der Waals surface area contributed by atoms with Gasteiger partial charge in [0, 0.05) is 0 Å². The highest BCUT2D eigenvalue weighted by molar-refractivity contribution is 7.16. The molecule has 2 aromatic rings. The van der Waals surface area contributed by atoms with Crippen molar-refractivity contribution in [3.8, 4) is 5.75 Å². The molecule has 0 radical (unpaired) electrons. The van der Waals surface area contributed by atoms with Gasteiger partial charge in [0.2, 0.25) is 0 Å². The molecule has 0 saturated heterocycles. The second-order valence-corrected chi connectivity index (χ2v) is 6.16. The van der Waals surface area contributed by atoms with Crippen molar-refractivity contribution in [2.75, 3.05) is 6.61 Å². The zero-order valence-corrected chi connectivity index (χ0v) is 13.3. The molecule has 1 heterocycles. The zero-order chi connectivity index (χ0) is 14.0. The Kier molecular flexibility index (Phi) is 6.85. The highest BCUT2D eigenvalue weighted by Crippen LogP contribution is 2.27. The van der Waals surface area contributed by atoms with Gasteiger partial charge in [0.1, 0.15) is 11.3 Å². The largest absolute Gasteiger partial charge is 0.491 e. The van der Waals surface area contributed by atoms with Crippen LogP contribution >= 0.6 is 11.3 Å². The van der Waals surface area contributed by atoms with Gasteiger partial charge in [0.05, 0.1) is 16.8 Å². The monoisotopic (exact) mass is 291 g/mol. The molecule has 0 spiro atoms. The van der Waals surface area contributed by atoms with Crippen LogP contribution in [0.4, 0.5) is 0 Å². The molecule has 0 unspecified atom stereocenters. The van der Waals surface area contributed by atoms with E-state index < -0.39 is 0 Å². The fourth-order valence-corrected chi connectivity index (χ4v) is 3.09. The molecule has 20 heavy (non-hydrogen) atoms. The average Bonchev–Trinajstić information content (AvgIpc) is 2.95. The van der Waals surface area contributed by atoms with Gasteiger partial charge in [-0.25, -0.2) is 4.98 Å². The van der Waals surface area contributed by atoms with Crippen LogP contribution in [0, 0.1) is 0 Å². The number of hydrogen-bond donors (Lipinski definition) is 0. The van der Waals surface area contributed by atoms with Crippen LogP contribution in [0.2, 0.25) is 0 Å². The number of ether oxygens (including phenoxy) is 1. The van der Waals surface area contributed by atoms with Crippen LogP contribution < -0.4 is 4.74 Å². The van der Waals surface area contributed by atoms with Gasteiger partial charge in [-0.15, -0.1) is 11.3 Å². The summed E-state index contributed by atoms with van der Waals surface area (Å²) in [5.74, 6) is 0.937. The van der Waals surface area contributed by atoms with E-state index in [1.54, 1.807) is 11.3 Å². The van der Waals surface area contributed by atoms with Crippen molar-refractivity contribution < 1.29 is 4.74 Å². The number of thiazole rings is 1. The van der Waals surface area contributed by atoms with Gasteiger partial charge in [-0.05, 0) is 18.6 Å². The molecule has 110 valence electrons. The van der Waals surface area contributed by atoms with E-state index in [1.165, 1.54) is 49.6 Å². The number of para-hydroxylation sites is 1. The lowest BCUT2D eigenvalue weighted by Crippen LogP contribution is -1.97. The molecule has 0 atom stereocenters. The molecular formula is C17H25NOS. The highest BCUT2D eigenvalue weighted by atomic mass is 32.1. The molecule has 0 saturated carbocycles. The first-order valence-electron chi connectivity index (χ1n) is 7.87. The summed E-state index contributed by atoms with van der Waals surface area (Å²) in [4.78, 5) is 4.37. The quantitative estimate of drug-likeness (QED) is 0.515. The van der Waals surface area contributed by atoms with Crippen LogP contribution in [0.3, 0.4) is 0 Å². The Morgan fingerprint density at radius 3 is 2.55 bits per heavy atom. The van der Waals surface area contributed by atoms with Crippen molar-refractivity contribution in [3.63, 3.8) is 0 Å². The van der Waals surface area contributed by atoms with Crippen LogP contribution in [0.25, 0.3) is 10.2 Å². The summed E-state index contributed by atoms with van der Waals surface area (Å²) in [5.41, 5.74) is 2.89. The topological polar surface area (TPSA) is 22.1 Å². The van der Waals surface area contributed by atoms with Crippen LogP contribution in [0.5, 0.6) is 5.75 Å². The first-order chi connectivity index (χ1) is 9.92. The van der Waals surface area contributed by atoms with Crippen molar-refractivity contribution in [1.82, 2.24) is 4.98 Å². The average molecular weight is 291 g/mol. The Bertz CT molecular complexity index is 494. The predicted molar refractivity (Wildman–Crippen MR) is 87.7 cm³/mol. The minimum absolute atomic E-state index is 0.811. The number of hydrogen-bond acceptors (Lipinski definition) is 3. The van der Waals surface area contributed by atoms with E-state index in [0.717, 1.165) is 24.3 Å². The molecule has 0 bridgehead atoms. The fraction of sp³-hybridized carbons (Fsp3) is 0.588. The van der Waals surface area contributed by atoms with Crippen molar-refractivity contribution in [1.29, 1.82) is 0 Å². The number of nitrogens with zero attached hydrogens (tertiary/aromatic N) is 1. The van der Waals surface area contributed by atoms with Gasteiger partial charge in [-0.1, -0.05) is 57.9 Å². The molecule has 0 aliphatic carbocycles. The summed E-state index contributed by atoms with van der Waals surface area (Å²) in [6.07, 6.45) is 10.7. The van der Waals surface area contributed by atoms with Crippen molar-refractivity contribution in [2.45, 2.75) is 58.3 Å². The fourth-order valence-electron chi connectivity index (χ4n) is 2.39. The standard InChI is InChI=1S/C17H25NOS/c1-2-3-4-5-6-7-8-9-13-19-15-11-10-12-16-17(15)18-14-20-16/h10-12,14H,2-9,13H2,1H3. The number of rotatable bonds is 10. The molecule has 0 aliphatic heterocycles. The van der Waals surface area contributed by atoms with Gasteiger partial charge in [-0.2, -0.15) is 0 Å². The number of unbranched alkanes of at least 4 members (excludes halogenated alkanes) is 7. The first kappa shape index (κ1) is 15.3. The van der Waals surface area contributed by atoms with E-state index in [9.17, 15) is 0 Å². The minimum Gasteiger partial charge on any atom is -0.491 e. The van der Waals surface area contributed by atoms with Crippen molar-refractivity contribution in [2.24, 2.45) is 0 Å². The van der Waals surface area contributed by atoms with Crippen molar-refractivity contribution in [3.05, 3.63) is 23.7 Å². The number of aromatic nitrogens is 1. The van der Waals surface area contributed by atoms with E-state index in [2.05, 4.69) is 18.0 Å². The second kappa shape index (κ2) is 8.96. The summed E-state index contributed by atoms with van der Waals surface area (Å²) in [5, 5.41) is 0. The van der Waals surface area contributed by atoms with Gasteiger partial charge in [-0.3, -0.25) is 0 Å². The Labute approximate surface area is 126 Å². The minimum atomic E-state index is 0.811. The molecular weight excluding hydrogens is 266 g/mol. The maximum Gasteiger partial charge on any atom is 0.146 e. The van der Waals surface area contributed by atoms with E-state index in [-0.39, 0.29) is 0 Å². The lowest BCUT2D eigenvalue weighted by atomic mass is 10.1. The number of benzene rings is 1. The molecule has 1 aromatic carbocycles. The zero-order valence-electron chi connectivity index (χ0n) is 12.4. The van der Waals surface area contributed by atoms with Crippen LogP contribution in [-0.4, -0.2) is 11.6 Å². The normalized spacial score (nSPS) is 11.1. The highest BCUT2D eigenvalue weighted by Gasteiger charge is 2.03. The Balaban J connectivity index is 1.58. The van der Waals surface area contributed by atoms with Crippen LogP contribution in [-0.2, 0) is 0 Å². The molecule has 1 aromatic heterocycles. The van der Waals surface area contributed by atoms with Crippen molar-refractivity contribution >= 4 is 21.6 Å². The smallest absolute Gasteiger partial charge is 0.146 e. The summed E-state index contributed by atoms with van der Waals surface area (Å²) in [7, 11) is 0. The molecule has 0 aliphatic rings. The van der Waals surface area contributed by atoms with Gasteiger partial charge in [0.15, 0.2) is 0 Å². The van der Waals surface area contributed by atoms with Gasteiger partial charge in [0.25, 0.3) is 0 Å². The molecule has 0 fully saturated rings. The first-order valence-corrected chi connectivity index (χ1v) is 8.75. The lowest BCUT2D eigenvalue weighted by molar-refractivity contribution is 0.307. The lowest BCUT2D eigenvalue weighted by Gasteiger charge is -2.06. The van der Waals surface area contributed by atoms with Gasteiger partial charge < -0.3 is 4.74 Å².